The van der Waals surface area contributed by atoms with Gasteiger partial charge in [-0.15, -0.1) is 0 Å². The van der Waals surface area contributed by atoms with Gasteiger partial charge in [0.15, 0.2) is 18.3 Å². The van der Waals surface area contributed by atoms with E-state index in [9.17, 15) is 0 Å². The lowest BCUT2D eigenvalue weighted by Crippen LogP contribution is -2.04. The van der Waals surface area contributed by atoms with E-state index in [0.29, 0.717) is 0 Å². The SMILES string of the molecule is COCOc1ccc(Br)cc1OCC1CC1. The van der Waals surface area contributed by atoms with Crippen LogP contribution >= 0.6 is 15.9 Å². The summed E-state index contributed by atoms with van der Waals surface area (Å²) in [6, 6.07) is 5.73. The molecule has 1 saturated carbocycles. The number of rotatable bonds is 6. The molecule has 1 aromatic rings. The third-order valence-electron chi connectivity index (χ3n) is 2.41. The van der Waals surface area contributed by atoms with E-state index < -0.39 is 0 Å². The van der Waals surface area contributed by atoms with Crippen LogP contribution in [0.5, 0.6) is 11.5 Å². The Balaban J connectivity index is 2.01. The highest BCUT2D eigenvalue weighted by atomic mass is 79.9. The minimum absolute atomic E-state index is 0.238. The average molecular weight is 287 g/mol. The first kappa shape index (κ1) is 11.7. The molecule has 0 bridgehead atoms. The van der Waals surface area contributed by atoms with Crippen LogP contribution in [0.1, 0.15) is 12.8 Å². The van der Waals surface area contributed by atoms with Gasteiger partial charge in [-0.3, -0.25) is 0 Å². The Morgan fingerprint density at radius 3 is 2.75 bits per heavy atom. The normalized spacial score (nSPS) is 14.9. The van der Waals surface area contributed by atoms with Gasteiger partial charge in [-0.2, -0.15) is 0 Å². The standard InChI is InChI=1S/C12H15BrO3/c1-14-8-16-11-5-4-10(13)6-12(11)15-7-9-2-3-9/h4-6,9H,2-3,7-8H2,1H3. The van der Waals surface area contributed by atoms with Crippen LogP contribution in [0, 0.1) is 5.92 Å². The number of halogens is 1. The minimum atomic E-state index is 0.238. The summed E-state index contributed by atoms with van der Waals surface area (Å²) >= 11 is 3.42. The fourth-order valence-corrected chi connectivity index (χ4v) is 1.67. The molecule has 3 nitrogen and oxygen atoms in total. The van der Waals surface area contributed by atoms with Crippen molar-refractivity contribution in [3.05, 3.63) is 22.7 Å². The van der Waals surface area contributed by atoms with Gasteiger partial charge in [-0.25, -0.2) is 0 Å². The molecule has 0 N–H and O–H groups in total. The lowest BCUT2D eigenvalue weighted by Gasteiger charge is -2.12. The zero-order valence-electron chi connectivity index (χ0n) is 9.24. The zero-order valence-corrected chi connectivity index (χ0v) is 10.8. The average Bonchev–Trinajstić information content (AvgIpc) is 3.09. The van der Waals surface area contributed by atoms with E-state index in [-0.39, 0.29) is 6.79 Å². The van der Waals surface area contributed by atoms with E-state index in [0.717, 1.165) is 28.5 Å². The molecule has 0 spiro atoms. The van der Waals surface area contributed by atoms with E-state index >= 15 is 0 Å². The van der Waals surface area contributed by atoms with Crippen LogP contribution in [0.4, 0.5) is 0 Å². The summed E-state index contributed by atoms with van der Waals surface area (Å²) in [6.45, 7) is 1.02. The molecule has 2 rings (SSSR count). The van der Waals surface area contributed by atoms with Crippen molar-refractivity contribution < 1.29 is 14.2 Å². The van der Waals surface area contributed by atoms with Gasteiger partial charge >= 0.3 is 0 Å². The Morgan fingerprint density at radius 2 is 2.06 bits per heavy atom. The molecule has 1 fully saturated rings. The van der Waals surface area contributed by atoms with Crippen molar-refractivity contribution in [1.29, 1.82) is 0 Å². The van der Waals surface area contributed by atoms with Crippen molar-refractivity contribution in [2.75, 3.05) is 20.5 Å². The molecule has 0 heterocycles. The van der Waals surface area contributed by atoms with Crippen molar-refractivity contribution in [2.24, 2.45) is 5.92 Å². The quantitative estimate of drug-likeness (QED) is 0.752. The van der Waals surface area contributed by atoms with Crippen molar-refractivity contribution in [3.63, 3.8) is 0 Å². The molecule has 0 saturated heterocycles. The smallest absolute Gasteiger partial charge is 0.188 e. The van der Waals surface area contributed by atoms with E-state index in [2.05, 4.69) is 15.9 Å². The second-order valence-electron chi connectivity index (χ2n) is 3.90. The maximum absolute atomic E-state index is 5.73. The molecular formula is C12H15BrO3. The molecule has 0 atom stereocenters. The maximum atomic E-state index is 5.73. The van der Waals surface area contributed by atoms with Crippen LogP contribution in [-0.4, -0.2) is 20.5 Å². The first-order valence-electron chi connectivity index (χ1n) is 5.33. The Hall–Kier alpha value is -0.740. The van der Waals surface area contributed by atoms with Crippen LogP contribution in [0.2, 0.25) is 0 Å². The Labute approximate surface area is 104 Å². The predicted octanol–water partition coefficient (Wildman–Crippen LogP) is 3.22. The van der Waals surface area contributed by atoms with Gasteiger partial charge in [0.25, 0.3) is 0 Å². The lowest BCUT2D eigenvalue weighted by atomic mass is 10.3. The van der Waals surface area contributed by atoms with Crippen molar-refractivity contribution in [1.82, 2.24) is 0 Å². The van der Waals surface area contributed by atoms with Gasteiger partial charge in [0.1, 0.15) is 0 Å². The third kappa shape index (κ3) is 3.39. The number of methoxy groups -OCH3 is 1. The maximum Gasteiger partial charge on any atom is 0.188 e. The van der Waals surface area contributed by atoms with Gasteiger partial charge < -0.3 is 14.2 Å². The minimum Gasteiger partial charge on any atom is -0.489 e. The molecule has 0 amide bonds. The summed E-state index contributed by atoms with van der Waals surface area (Å²) in [5, 5.41) is 0. The number of benzene rings is 1. The molecule has 1 aromatic carbocycles. The van der Waals surface area contributed by atoms with E-state index in [1.54, 1.807) is 7.11 Å². The van der Waals surface area contributed by atoms with Gasteiger partial charge in [0, 0.05) is 11.6 Å². The van der Waals surface area contributed by atoms with Crippen LogP contribution < -0.4 is 9.47 Å². The number of ether oxygens (including phenoxy) is 3. The fourth-order valence-electron chi connectivity index (χ4n) is 1.33. The molecule has 0 aromatic heterocycles. The summed E-state index contributed by atoms with van der Waals surface area (Å²) < 4.78 is 17.0. The van der Waals surface area contributed by atoms with Crippen molar-refractivity contribution in [2.45, 2.75) is 12.8 Å². The third-order valence-corrected chi connectivity index (χ3v) is 2.90. The monoisotopic (exact) mass is 286 g/mol. The van der Waals surface area contributed by atoms with Gasteiger partial charge in [0.05, 0.1) is 6.61 Å². The van der Waals surface area contributed by atoms with Gasteiger partial charge in [-0.05, 0) is 37.0 Å². The van der Waals surface area contributed by atoms with Gasteiger partial charge in [-0.1, -0.05) is 15.9 Å². The topological polar surface area (TPSA) is 27.7 Å². The molecule has 0 unspecified atom stereocenters. The number of hydrogen-bond donors (Lipinski definition) is 0. The summed E-state index contributed by atoms with van der Waals surface area (Å²) in [5.74, 6) is 2.23. The number of hydrogen-bond acceptors (Lipinski definition) is 3. The van der Waals surface area contributed by atoms with E-state index in [1.165, 1.54) is 12.8 Å². The first-order chi connectivity index (χ1) is 7.79. The predicted molar refractivity (Wildman–Crippen MR) is 64.9 cm³/mol. The molecule has 16 heavy (non-hydrogen) atoms. The second kappa shape index (κ2) is 5.55. The Kier molecular flexibility index (Phi) is 4.07. The second-order valence-corrected chi connectivity index (χ2v) is 4.81. The van der Waals surface area contributed by atoms with Crippen LogP contribution in [0.25, 0.3) is 0 Å². The lowest BCUT2D eigenvalue weighted by molar-refractivity contribution is 0.0484. The Bertz CT molecular complexity index is 350. The van der Waals surface area contributed by atoms with Crippen LogP contribution in [0.3, 0.4) is 0 Å². The molecular weight excluding hydrogens is 272 g/mol. The molecule has 1 aliphatic rings. The van der Waals surface area contributed by atoms with E-state index in [1.807, 2.05) is 18.2 Å². The highest BCUT2D eigenvalue weighted by Gasteiger charge is 2.22. The molecule has 88 valence electrons. The highest BCUT2D eigenvalue weighted by molar-refractivity contribution is 9.10. The Morgan fingerprint density at radius 1 is 1.25 bits per heavy atom. The van der Waals surface area contributed by atoms with Crippen LogP contribution in [0.15, 0.2) is 22.7 Å². The molecule has 0 radical (unpaired) electrons. The highest BCUT2D eigenvalue weighted by Crippen LogP contribution is 2.34. The summed E-state index contributed by atoms with van der Waals surface area (Å²) in [6.07, 6.45) is 2.56. The molecule has 4 heteroatoms. The van der Waals surface area contributed by atoms with Crippen LogP contribution in [-0.2, 0) is 4.74 Å². The fraction of sp³-hybridized carbons (Fsp3) is 0.500. The van der Waals surface area contributed by atoms with Crippen molar-refractivity contribution in [3.8, 4) is 11.5 Å². The molecule has 0 aliphatic heterocycles. The first-order valence-corrected chi connectivity index (χ1v) is 6.13. The summed E-state index contributed by atoms with van der Waals surface area (Å²) in [7, 11) is 1.60. The summed E-state index contributed by atoms with van der Waals surface area (Å²) in [5.41, 5.74) is 0. The summed E-state index contributed by atoms with van der Waals surface area (Å²) in [4.78, 5) is 0. The molecule has 1 aliphatic carbocycles. The zero-order chi connectivity index (χ0) is 11.4. The van der Waals surface area contributed by atoms with Crippen molar-refractivity contribution >= 4 is 15.9 Å². The van der Waals surface area contributed by atoms with E-state index in [4.69, 9.17) is 14.2 Å². The largest absolute Gasteiger partial charge is 0.489 e. The van der Waals surface area contributed by atoms with Gasteiger partial charge in [0.2, 0.25) is 0 Å².